The van der Waals surface area contributed by atoms with Crippen LogP contribution < -0.4 is 0 Å². The second kappa shape index (κ2) is 5.83. The number of hydrogen-bond acceptors (Lipinski definition) is 3. The van der Waals surface area contributed by atoms with Crippen molar-refractivity contribution in [2.45, 2.75) is 50.7 Å². The van der Waals surface area contributed by atoms with Gasteiger partial charge in [-0.05, 0) is 25.7 Å². The molecule has 1 amide bonds. The number of ether oxygens (including phenoxy) is 1. The monoisotopic (exact) mass is 241 g/mol. The van der Waals surface area contributed by atoms with E-state index in [1.54, 1.807) is 4.90 Å². The van der Waals surface area contributed by atoms with E-state index in [2.05, 4.69) is 0 Å². The summed E-state index contributed by atoms with van der Waals surface area (Å²) in [7, 11) is 1.84. The molecule has 98 valence electrons. The van der Waals surface area contributed by atoms with Crippen molar-refractivity contribution in [3.05, 3.63) is 0 Å². The fourth-order valence-electron chi connectivity index (χ4n) is 2.94. The Labute approximate surface area is 103 Å². The van der Waals surface area contributed by atoms with Crippen molar-refractivity contribution < 1.29 is 14.6 Å². The summed E-state index contributed by atoms with van der Waals surface area (Å²) in [6.45, 7) is 1.38. The van der Waals surface area contributed by atoms with Gasteiger partial charge in [0, 0.05) is 26.2 Å². The van der Waals surface area contributed by atoms with Gasteiger partial charge in [0.1, 0.15) is 0 Å². The third-order valence-corrected chi connectivity index (χ3v) is 4.11. The van der Waals surface area contributed by atoms with Gasteiger partial charge in [0.2, 0.25) is 5.91 Å². The maximum absolute atomic E-state index is 12.3. The van der Waals surface area contributed by atoms with E-state index >= 15 is 0 Å². The molecule has 2 unspecified atom stereocenters. The molecule has 2 atom stereocenters. The highest BCUT2D eigenvalue weighted by molar-refractivity contribution is 5.79. The second-order valence-corrected chi connectivity index (χ2v) is 5.25. The highest BCUT2D eigenvalue weighted by Gasteiger charge is 2.33. The molecule has 17 heavy (non-hydrogen) atoms. The highest BCUT2D eigenvalue weighted by Crippen LogP contribution is 2.25. The Hall–Kier alpha value is -0.610. The zero-order valence-corrected chi connectivity index (χ0v) is 10.6. The normalized spacial score (nSPS) is 31.2. The fraction of sp³-hybridized carbons (Fsp3) is 0.923. The summed E-state index contributed by atoms with van der Waals surface area (Å²) >= 11 is 0. The average molecular weight is 241 g/mol. The molecule has 0 aromatic rings. The van der Waals surface area contributed by atoms with Crippen molar-refractivity contribution in [3.63, 3.8) is 0 Å². The lowest BCUT2D eigenvalue weighted by molar-refractivity contribution is -0.142. The molecule has 1 aliphatic carbocycles. The van der Waals surface area contributed by atoms with Crippen LogP contribution in [0.3, 0.4) is 0 Å². The van der Waals surface area contributed by atoms with Crippen molar-refractivity contribution in [3.8, 4) is 0 Å². The first-order valence-electron chi connectivity index (χ1n) is 6.72. The fourth-order valence-corrected chi connectivity index (χ4v) is 2.94. The van der Waals surface area contributed by atoms with Gasteiger partial charge in [0.05, 0.1) is 12.1 Å². The van der Waals surface area contributed by atoms with E-state index in [0.29, 0.717) is 13.2 Å². The van der Waals surface area contributed by atoms with Crippen LogP contribution in [0.15, 0.2) is 0 Å². The molecular formula is C13H23NO3. The summed E-state index contributed by atoms with van der Waals surface area (Å²) in [6.07, 6.45) is 5.28. The zero-order valence-electron chi connectivity index (χ0n) is 10.6. The van der Waals surface area contributed by atoms with Crippen molar-refractivity contribution in [1.82, 2.24) is 4.90 Å². The lowest BCUT2D eigenvalue weighted by Gasteiger charge is -2.37. The van der Waals surface area contributed by atoms with Crippen LogP contribution >= 0.6 is 0 Å². The van der Waals surface area contributed by atoms with E-state index in [1.165, 1.54) is 0 Å². The second-order valence-electron chi connectivity index (χ2n) is 5.25. The van der Waals surface area contributed by atoms with Crippen molar-refractivity contribution in [2.24, 2.45) is 5.92 Å². The van der Waals surface area contributed by atoms with E-state index < -0.39 is 0 Å². The number of aliphatic hydroxyl groups is 1. The molecule has 2 rings (SSSR count). The molecule has 0 aromatic heterocycles. The minimum atomic E-state index is -0.336. The van der Waals surface area contributed by atoms with E-state index in [0.717, 1.165) is 38.5 Å². The maximum Gasteiger partial charge on any atom is 0.225 e. The predicted molar refractivity (Wildman–Crippen MR) is 64.6 cm³/mol. The molecule has 1 saturated carbocycles. The largest absolute Gasteiger partial charge is 0.391 e. The average Bonchev–Trinajstić information content (AvgIpc) is 2.39. The first kappa shape index (κ1) is 12.8. The topological polar surface area (TPSA) is 49.8 Å². The van der Waals surface area contributed by atoms with Crippen LogP contribution in [0.4, 0.5) is 0 Å². The number of carbonyl (C=O) groups excluding carboxylic acids is 1. The summed E-state index contributed by atoms with van der Waals surface area (Å²) in [5, 5.41) is 9.97. The minimum Gasteiger partial charge on any atom is -0.391 e. The quantitative estimate of drug-likeness (QED) is 0.789. The minimum absolute atomic E-state index is 0.0269. The number of aliphatic hydroxyl groups excluding tert-OH is 1. The summed E-state index contributed by atoms with van der Waals surface area (Å²) in [5.41, 5.74) is 0. The SMILES string of the molecule is CN(C(=O)C1CCOCC1)C1CCCCC1O. The Kier molecular flexibility index (Phi) is 4.40. The van der Waals surface area contributed by atoms with E-state index in [4.69, 9.17) is 4.74 Å². The third-order valence-electron chi connectivity index (χ3n) is 4.11. The molecule has 1 saturated heterocycles. The van der Waals surface area contributed by atoms with E-state index in [1.807, 2.05) is 7.05 Å². The smallest absolute Gasteiger partial charge is 0.225 e. The van der Waals surface area contributed by atoms with Gasteiger partial charge in [-0.2, -0.15) is 0 Å². The Morgan fingerprint density at radius 2 is 1.82 bits per heavy atom. The van der Waals surface area contributed by atoms with Gasteiger partial charge < -0.3 is 14.7 Å². The maximum atomic E-state index is 12.3. The number of rotatable bonds is 2. The summed E-state index contributed by atoms with van der Waals surface area (Å²) in [4.78, 5) is 14.1. The van der Waals surface area contributed by atoms with Gasteiger partial charge in [-0.1, -0.05) is 12.8 Å². The number of nitrogens with zero attached hydrogens (tertiary/aromatic N) is 1. The lowest BCUT2D eigenvalue weighted by atomic mass is 9.90. The highest BCUT2D eigenvalue weighted by atomic mass is 16.5. The molecule has 1 N–H and O–H groups in total. The molecule has 4 heteroatoms. The Balaban J connectivity index is 1.92. The third kappa shape index (κ3) is 2.99. The van der Waals surface area contributed by atoms with Crippen LogP contribution in [0, 0.1) is 5.92 Å². The molecule has 1 aliphatic heterocycles. The summed E-state index contributed by atoms with van der Waals surface area (Å²) in [6, 6.07) is 0.0269. The van der Waals surface area contributed by atoms with Crippen molar-refractivity contribution in [1.29, 1.82) is 0 Å². The van der Waals surface area contributed by atoms with Crippen LogP contribution in [0.5, 0.6) is 0 Å². The van der Waals surface area contributed by atoms with Gasteiger partial charge in [-0.25, -0.2) is 0 Å². The number of carbonyl (C=O) groups is 1. The van der Waals surface area contributed by atoms with Gasteiger partial charge in [0.15, 0.2) is 0 Å². The number of likely N-dealkylation sites (N-methyl/N-ethyl adjacent to an activating group) is 1. The number of amides is 1. The Morgan fingerprint density at radius 1 is 1.18 bits per heavy atom. The molecule has 4 nitrogen and oxygen atoms in total. The molecular weight excluding hydrogens is 218 g/mol. The summed E-state index contributed by atoms with van der Waals surface area (Å²) < 4.78 is 5.28. The van der Waals surface area contributed by atoms with Crippen LogP contribution in [-0.2, 0) is 9.53 Å². The zero-order chi connectivity index (χ0) is 12.3. The van der Waals surface area contributed by atoms with Gasteiger partial charge >= 0.3 is 0 Å². The molecule has 2 aliphatic rings. The molecule has 0 aromatic carbocycles. The Morgan fingerprint density at radius 3 is 2.47 bits per heavy atom. The van der Waals surface area contributed by atoms with Gasteiger partial charge in [-0.15, -0.1) is 0 Å². The molecule has 0 radical (unpaired) electrons. The lowest BCUT2D eigenvalue weighted by Crippen LogP contribution is -2.49. The molecule has 1 heterocycles. The van der Waals surface area contributed by atoms with E-state index in [9.17, 15) is 9.90 Å². The predicted octanol–water partition coefficient (Wildman–Crippen LogP) is 1.17. The van der Waals surface area contributed by atoms with Crippen molar-refractivity contribution >= 4 is 5.91 Å². The van der Waals surface area contributed by atoms with Crippen molar-refractivity contribution in [2.75, 3.05) is 20.3 Å². The molecule has 0 bridgehead atoms. The Bertz CT molecular complexity index is 263. The van der Waals surface area contributed by atoms with Gasteiger partial charge in [0.25, 0.3) is 0 Å². The van der Waals surface area contributed by atoms with E-state index in [-0.39, 0.29) is 24.0 Å². The standard InChI is InChI=1S/C13H23NO3/c1-14(11-4-2-3-5-12(11)15)13(16)10-6-8-17-9-7-10/h10-12,15H,2-9H2,1H3. The van der Waals surface area contributed by atoms with Crippen LogP contribution in [0.1, 0.15) is 38.5 Å². The van der Waals surface area contributed by atoms with Crippen LogP contribution in [0.25, 0.3) is 0 Å². The first-order chi connectivity index (χ1) is 8.20. The van der Waals surface area contributed by atoms with Gasteiger partial charge in [-0.3, -0.25) is 4.79 Å². The van der Waals surface area contributed by atoms with Crippen LogP contribution in [-0.4, -0.2) is 48.3 Å². The van der Waals surface area contributed by atoms with Crippen LogP contribution in [0.2, 0.25) is 0 Å². The molecule has 2 fully saturated rings. The number of hydrogen-bond donors (Lipinski definition) is 1. The summed E-state index contributed by atoms with van der Waals surface area (Å²) in [5.74, 6) is 0.294. The molecule has 0 spiro atoms. The first-order valence-corrected chi connectivity index (χ1v) is 6.72.